The molecule has 7 nitrogen and oxygen atoms in total. The second kappa shape index (κ2) is 8.69. The van der Waals surface area contributed by atoms with Gasteiger partial charge in [0.1, 0.15) is 23.1 Å². The van der Waals surface area contributed by atoms with E-state index in [1.165, 1.54) is 10.5 Å². The molecule has 0 saturated carbocycles. The first-order chi connectivity index (χ1) is 13.0. The molecule has 0 aliphatic carbocycles. The van der Waals surface area contributed by atoms with Crippen molar-refractivity contribution in [2.45, 2.75) is 11.8 Å². The summed E-state index contributed by atoms with van der Waals surface area (Å²) in [6, 6.07) is 11.1. The first-order valence-electron chi connectivity index (χ1n) is 9.04. The third-order valence-electron chi connectivity index (χ3n) is 4.60. The van der Waals surface area contributed by atoms with Crippen molar-refractivity contribution in [3.63, 3.8) is 0 Å². The van der Waals surface area contributed by atoms with Crippen molar-refractivity contribution in [3.8, 4) is 5.75 Å². The second-order valence-corrected chi connectivity index (χ2v) is 8.57. The average Bonchev–Trinajstić information content (AvgIpc) is 2.67. The van der Waals surface area contributed by atoms with Gasteiger partial charge in [-0.1, -0.05) is 18.2 Å². The lowest BCUT2D eigenvalue weighted by atomic mass is 10.2. The van der Waals surface area contributed by atoms with Crippen LogP contribution in [0.25, 0.3) is 0 Å². The lowest BCUT2D eigenvalue weighted by Crippen LogP contribution is -2.47. The van der Waals surface area contributed by atoms with E-state index in [4.69, 9.17) is 4.74 Å². The molecule has 1 saturated heterocycles. The van der Waals surface area contributed by atoms with Gasteiger partial charge in [-0.2, -0.15) is 4.31 Å². The molecule has 146 valence electrons. The van der Waals surface area contributed by atoms with Gasteiger partial charge in [-0.15, -0.1) is 0 Å². The van der Waals surface area contributed by atoms with Gasteiger partial charge in [0.25, 0.3) is 0 Å². The zero-order valence-electron chi connectivity index (χ0n) is 15.8. The van der Waals surface area contributed by atoms with Crippen LogP contribution in [-0.2, 0) is 10.0 Å². The van der Waals surface area contributed by atoms with Gasteiger partial charge in [0.2, 0.25) is 10.0 Å². The Bertz CT molecular complexity index is 848. The number of nitrogens with zero attached hydrogens (tertiary/aromatic N) is 3. The monoisotopic (exact) mass is 390 g/mol. The van der Waals surface area contributed by atoms with Gasteiger partial charge >= 0.3 is 0 Å². The number of pyridine rings is 1. The van der Waals surface area contributed by atoms with Gasteiger partial charge in [0.05, 0.1) is 6.54 Å². The summed E-state index contributed by atoms with van der Waals surface area (Å²) in [4.78, 5) is 6.59. The maximum atomic E-state index is 12.7. The fourth-order valence-corrected chi connectivity index (χ4v) is 4.24. The topological polar surface area (TPSA) is 74.8 Å². The predicted octanol–water partition coefficient (Wildman–Crippen LogP) is 1.82. The number of hydrogen-bond donors (Lipinski definition) is 1. The van der Waals surface area contributed by atoms with Gasteiger partial charge in [0, 0.05) is 32.4 Å². The van der Waals surface area contributed by atoms with Crippen LogP contribution in [0, 0.1) is 6.92 Å². The SMILES string of the molecule is Cc1ccccc1OCCNc1ccc(S(=O)(=O)N2CCN(C)CC2)cn1. The number of ether oxygens (including phenoxy) is 1. The molecule has 2 aromatic rings. The van der Waals surface area contributed by atoms with Crippen LogP contribution in [0.3, 0.4) is 0 Å². The van der Waals surface area contributed by atoms with Crippen molar-refractivity contribution < 1.29 is 13.2 Å². The van der Waals surface area contributed by atoms with Gasteiger partial charge < -0.3 is 15.0 Å². The molecule has 0 bridgehead atoms. The predicted molar refractivity (Wildman–Crippen MR) is 106 cm³/mol. The van der Waals surface area contributed by atoms with Crippen LogP contribution in [-0.4, -0.2) is 69.0 Å². The molecular formula is C19H26N4O3S. The highest BCUT2D eigenvalue weighted by atomic mass is 32.2. The molecule has 8 heteroatoms. The van der Waals surface area contributed by atoms with Gasteiger partial charge in [-0.3, -0.25) is 0 Å². The number of piperazine rings is 1. The number of benzene rings is 1. The number of rotatable bonds is 7. The summed E-state index contributed by atoms with van der Waals surface area (Å²) in [5.74, 6) is 1.49. The number of hydrogen-bond acceptors (Lipinski definition) is 6. The number of para-hydroxylation sites is 1. The molecule has 0 unspecified atom stereocenters. The maximum Gasteiger partial charge on any atom is 0.244 e. The molecular weight excluding hydrogens is 364 g/mol. The Morgan fingerprint density at radius 1 is 1.11 bits per heavy atom. The fourth-order valence-electron chi connectivity index (χ4n) is 2.87. The molecule has 1 aliphatic heterocycles. The maximum absolute atomic E-state index is 12.7. The largest absolute Gasteiger partial charge is 0.491 e. The first kappa shape index (κ1) is 19.6. The Kier molecular flexibility index (Phi) is 6.30. The molecule has 1 aliphatic rings. The van der Waals surface area contributed by atoms with Crippen molar-refractivity contribution >= 4 is 15.8 Å². The smallest absolute Gasteiger partial charge is 0.244 e. The Morgan fingerprint density at radius 3 is 2.52 bits per heavy atom. The van der Waals surface area contributed by atoms with Crippen LogP contribution in [0.1, 0.15) is 5.56 Å². The standard InChI is InChI=1S/C19H26N4O3S/c1-16-5-3-4-6-18(16)26-14-9-20-19-8-7-17(15-21-19)27(24,25)23-12-10-22(2)11-13-23/h3-8,15H,9-14H2,1-2H3,(H,20,21). The molecule has 1 fully saturated rings. The number of sulfonamides is 1. The molecule has 1 aromatic carbocycles. The molecule has 27 heavy (non-hydrogen) atoms. The van der Waals surface area contributed by atoms with E-state index in [9.17, 15) is 8.42 Å². The van der Waals surface area contributed by atoms with Crippen molar-refractivity contribution in [1.29, 1.82) is 0 Å². The van der Waals surface area contributed by atoms with Crippen LogP contribution in [0.15, 0.2) is 47.5 Å². The lowest BCUT2D eigenvalue weighted by Gasteiger charge is -2.31. The van der Waals surface area contributed by atoms with Crippen molar-refractivity contribution in [3.05, 3.63) is 48.2 Å². The van der Waals surface area contributed by atoms with E-state index >= 15 is 0 Å². The zero-order valence-corrected chi connectivity index (χ0v) is 16.6. The minimum atomic E-state index is -3.48. The van der Waals surface area contributed by atoms with E-state index in [0.717, 1.165) is 24.4 Å². The minimum Gasteiger partial charge on any atom is -0.491 e. The van der Waals surface area contributed by atoms with E-state index in [1.54, 1.807) is 12.1 Å². The van der Waals surface area contributed by atoms with Gasteiger partial charge in [-0.05, 0) is 37.7 Å². The summed E-state index contributed by atoms with van der Waals surface area (Å²) in [6.45, 7) is 5.58. The number of aryl methyl sites for hydroxylation is 1. The van der Waals surface area contributed by atoms with Crippen molar-refractivity contribution in [1.82, 2.24) is 14.2 Å². The molecule has 0 radical (unpaired) electrons. The third-order valence-corrected chi connectivity index (χ3v) is 6.48. The minimum absolute atomic E-state index is 0.230. The van der Waals surface area contributed by atoms with Gasteiger partial charge in [-0.25, -0.2) is 13.4 Å². The highest BCUT2D eigenvalue weighted by Crippen LogP contribution is 2.18. The summed E-state index contributed by atoms with van der Waals surface area (Å²) in [5.41, 5.74) is 1.09. The van der Waals surface area contributed by atoms with E-state index in [-0.39, 0.29) is 4.90 Å². The molecule has 2 heterocycles. The highest BCUT2D eigenvalue weighted by Gasteiger charge is 2.27. The Balaban J connectivity index is 1.52. The third kappa shape index (κ3) is 4.97. The van der Waals surface area contributed by atoms with E-state index < -0.39 is 10.0 Å². The number of nitrogens with one attached hydrogen (secondary N) is 1. The summed E-state index contributed by atoms with van der Waals surface area (Å²) in [5, 5.41) is 3.15. The van der Waals surface area contributed by atoms with Crippen LogP contribution in [0.5, 0.6) is 5.75 Å². The fraction of sp³-hybridized carbons (Fsp3) is 0.421. The Morgan fingerprint density at radius 2 is 1.85 bits per heavy atom. The molecule has 1 N–H and O–H groups in total. The van der Waals surface area contributed by atoms with Crippen LogP contribution >= 0.6 is 0 Å². The molecule has 0 spiro atoms. The summed E-state index contributed by atoms with van der Waals surface area (Å²) >= 11 is 0. The number of aromatic nitrogens is 1. The highest BCUT2D eigenvalue weighted by molar-refractivity contribution is 7.89. The van der Waals surface area contributed by atoms with E-state index in [2.05, 4.69) is 15.2 Å². The van der Waals surface area contributed by atoms with Crippen molar-refractivity contribution in [2.75, 3.05) is 51.7 Å². The number of anilines is 1. The normalized spacial score (nSPS) is 16.2. The molecule has 0 amide bonds. The molecule has 3 rings (SSSR count). The van der Waals surface area contributed by atoms with Crippen molar-refractivity contribution in [2.24, 2.45) is 0 Å². The second-order valence-electron chi connectivity index (χ2n) is 6.63. The summed E-state index contributed by atoms with van der Waals surface area (Å²) < 4.78 is 32.6. The van der Waals surface area contributed by atoms with E-state index in [1.807, 2.05) is 38.2 Å². The van der Waals surface area contributed by atoms with Crippen LogP contribution in [0.4, 0.5) is 5.82 Å². The van der Waals surface area contributed by atoms with Gasteiger partial charge in [0.15, 0.2) is 0 Å². The molecule has 0 atom stereocenters. The summed E-state index contributed by atoms with van der Waals surface area (Å²) in [7, 11) is -1.48. The quantitative estimate of drug-likeness (QED) is 0.727. The van der Waals surface area contributed by atoms with E-state index in [0.29, 0.717) is 32.1 Å². The Hall–Kier alpha value is -2.16. The average molecular weight is 391 g/mol. The zero-order chi connectivity index (χ0) is 19.3. The number of likely N-dealkylation sites (N-methyl/N-ethyl adjacent to an activating group) is 1. The lowest BCUT2D eigenvalue weighted by molar-refractivity contribution is 0.222. The molecule has 1 aromatic heterocycles. The Labute approximate surface area is 161 Å². The summed E-state index contributed by atoms with van der Waals surface area (Å²) in [6.07, 6.45) is 1.41. The van der Waals surface area contributed by atoms with Crippen LogP contribution in [0.2, 0.25) is 0 Å². The first-order valence-corrected chi connectivity index (χ1v) is 10.5. The van der Waals surface area contributed by atoms with Crippen LogP contribution < -0.4 is 10.1 Å².